The van der Waals surface area contributed by atoms with E-state index in [1.807, 2.05) is 39.8 Å². The largest absolute Gasteiger partial charge is 0.398 e. The SMILES string of the molecule is Cc1nc(C)c(C(=O)Nc2c(C)ccc(N)c2C)s1. The van der Waals surface area contributed by atoms with Crippen LogP contribution in [0, 0.1) is 27.7 Å². The van der Waals surface area contributed by atoms with E-state index in [1.54, 1.807) is 0 Å². The zero-order valence-electron chi connectivity index (χ0n) is 11.5. The molecule has 5 heteroatoms. The highest BCUT2D eigenvalue weighted by Crippen LogP contribution is 2.27. The van der Waals surface area contributed by atoms with Crippen molar-refractivity contribution in [3.8, 4) is 0 Å². The number of hydrogen-bond acceptors (Lipinski definition) is 4. The number of rotatable bonds is 2. The van der Waals surface area contributed by atoms with E-state index in [1.165, 1.54) is 11.3 Å². The molecule has 4 nitrogen and oxygen atoms in total. The quantitative estimate of drug-likeness (QED) is 0.827. The number of nitrogens with zero attached hydrogens (tertiary/aromatic N) is 1. The van der Waals surface area contributed by atoms with Crippen LogP contribution in [0.25, 0.3) is 0 Å². The van der Waals surface area contributed by atoms with Crippen LogP contribution in [0.2, 0.25) is 0 Å². The Hall–Kier alpha value is -1.88. The molecule has 0 radical (unpaired) electrons. The minimum absolute atomic E-state index is 0.125. The molecule has 0 saturated heterocycles. The first-order valence-electron chi connectivity index (χ1n) is 6.01. The van der Waals surface area contributed by atoms with E-state index in [2.05, 4.69) is 10.3 Å². The maximum Gasteiger partial charge on any atom is 0.267 e. The van der Waals surface area contributed by atoms with Gasteiger partial charge in [-0.05, 0) is 44.9 Å². The highest BCUT2D eigenvalue weighted by Gasteiger charge is 2.16. The summed E-state index contributed by atoms with van der Waals surface area (Å²) >= 11 is 1.40. The number of thiazole rings is 1. The third-order valence-corrected chi connectivity index (χ3v) is 4.14. The van der Waals surface area contributed by atoms with Crippen LogP contribution in [0.3, 0.4) is 0 Å². The first-order chi connectivity index (χ1) is 8.90. The lowest BCUT2D eigenvalue weighted by atomic mass is 10.1. The number of hydrogen-bond donors (Lipinski definition) is 2. The van der Waals surface area contributed by atoms with E-state index >= 15 is 0 Å². The first kappa shape index (κ1) is 13.5. The summed E-state index contributed by atoms with van der Waals surface area (Å²) in [5.74, 6) is -0.125. The number of aromatic nitrogens is 1. The molecular formula is C14H17N3OS. The molecule has 0 aliphatic heterocycles. The lowest BCUT2D eigenvalue weighted by Crippen LogP contribution is -2.14. The summed E-state index contributed by atoms with van der Waals surface area (Å²) in [6.45, 7) is 7.60. The van der Waals surface area contributed by atoms with Gasteiger partial charge in [-0.15, -0.1) is 11.3 Å². The van der Waals surface area contributed by atoms with E-state index in [4.69, 9.17) is 5.73 Å². The summed E-state index contributed by atoms with van der Waals surface area (Å²) in [6.07, 6.45) is 0. The standard InChI is InChI=1S/C14H17N3OS/c1-7-5-6-11(15)8(2)12(7)17-14(18)13-9(3)16-10(4)19-13/h5-6H,15H2,1-4H3,(H,17,18). The van der Waals surface area contributed by atoms with Crippen LogP contribution in [0.5, 0.6) is 0 Å². The molecule has 1 heterocycles. The molecule has 0 unspecified atom stereocenters. The zero-order valence-corrected chi connectivity index (χ0v) is 12.3. The Kier molecular flexibility index (Phi) is 3.57. The van der Waals surface area contributed by atoms with Crippen molar-refractivity contribution in [2.24, 2.45) is 0 Å². The van der Waals surface area contributed by atoms with E-state index in [0.29, 0.717) is 10.6 Å². The van der Waals surface area contributed by atoms with Gasteiger partial charge in [-0.1, -0.05) is 6.07 Å². The van der Waals surface area contributed by atoms with Gasteiger partial charge in [-0.3, -0.25) is 4.79 Å². The predicted octanol–water partition coefficient (Wildman–Crippen LogP) is 3.21. The topological polar surface area (TPSA) is 68.0 Å². The fourth-order valence-electron chi connectivity index (χ4n) is 1.97. The molecule has 0 fully saturated rings. The molecule has 3 N–H and O–H groups in total. The number of nitrogens with one attached hydrogen (secondary N) is 1. The molecule has 2 aromatic rings. The second-order valence-electron chi connectivity index (χ2n) is 4.57. The predicted molar refractivity (Wildman–Crippen MR) is 79.9 cm³/mol. The van der Waals surface area contributed by atoms with Crippen molar-refractivity contribution in [1.29, 1.82) is 0 Å². The molecule has 0 aliphatic rings. The molecular weight excluding hydrogens is 258 g/mol. The Morgan fingerprint density at radius 2 is 1.95 bits per heavy atom. The number of nitrogens with two attached hydrogens (primary N) is 1. The van der Waals surface area contributed by atoms with Gasteiger partial charge in [-0.2, -0.15) is 0 Å². The molecule has 2 rings (SSSR count). The summed E-state index contributed by atoms with van der Waals surface area (Å²) in [4.78, 5) is 17.2. The fourth-order valence-corrected chi connectivity index (χ4v) is 2.78. The third kappa shape index (κ3) is 2.61. The molecule has 1 aromatic carbocycles. The number of benzene rings is 1. The Morgan fingerprint density at radius 3 is 2.53 bits per heavy atom. The molecule has 0 spiro atoms. The van der Waals surface area contributed by atoms with Gasteiger partial charge in [0.1, 0.15) is 4.88 Å². The average molecular weight is 275 g/mol. The van der Waals surface area contributed by atoms with Crippen LogP contribution in [-0.4, -0.2) is 10.9 Å². The maximum atomic E-state index is 12.3. The highest BCUT2D eigenvalue weighted by atomic mass is 32.1. The normalized spacial score (nSPS) is 10.5. The van der Waals surface area contributed by atoms with E-state index < -0.39 is 0 Å². The number of nitrogen functional groups attached to an aromatic ring is 1. The Morgan fingerprint density at radius 1 is 1.26 bits per heavy atom. The molecule has 1 amide bonds. The number of aryl methyl sites for hydroxylation is 3. The second kappa shape index (κ2) is 5.01. The summed E-state index contributed by atoms with van der Waals surface area (Å²) in [5, 5.41) is 3.83. The molecule has 19 heavy (non-hydrogen) atoms. The van der Waals surface area contributed by atoms with Crippen LogP contribution in [-0.2, 0) is 0 Å². The van der Waals surface area contributed by atoms with Gasteiger partial charge in [0.25, 0.3) is 5.91 Å². The van der Waals surface area contributed by atoms with Crippen LogP contribution >= 0.6 is 11.3 Å². The maximum absolute atomic E-state index is 12.3. The van der Waals surface area contributed by atoms with Crippen molar-refractivity contribution in [3.63, 3.8) is 0 Å². The number of amides is 1. The number of carbonyl (C=O) groups is 1. The summed E-state index contributed by atoms with van der Waals surface area (Å²) in [5.41, 5.74) is 10.0. The molecule has 0 atom stereocenters. The first-order valence-corrected chi connectivity index (χ1v) is 6.83. The summed E-state index contributed by atoms with van der Waals surface area (Å²) < 4.78 is 0. The lowest BCUT2D eigenvalue weighted by Gasteiger charge is -2.13. The van der Waals surface area contributed by atoms with Gasteiger partial charge in [0.05, 0.1) is 10.7 Å². The highest BCUT2D eigenvalue weighted by molar-refractivity contribution is 7.13. The minimum atomic E-state index is -0.125. The van der Waals surface area contributed by atoms with Crippen molar-refractivity contribution < 1.29 is 4.79 Å². The van der Waals surface area contributed by atoms with Crippen LogP contribution in [0.15, 0.2) is 12.1 Å². The lowest BCUT2D eigenvalue weighted by molar-refractivity contribution is 0.102. The molecule has 0 bridgehead atoms. The van der Waals surface area contributed by atoms with E-state index in [-0.39, 0.29) is 5.91 Å². The minimum Gasteiger partial charge on any atom is -0.398 e. The van der Waals surface area contributed by atoms with Crippen molar-refractivity contribution in [1.82, 2.24) is 4.98 Å². The van der Waals surface area contributed by atoms with E-state index in [9.17, 15) is 4.79 Å². The molecule has 100 valence electrons. The molecule has 0 saturated carbocycles. The smallest absolute Gasteiger partial charge is 0.267 e. The van der Waals surface area contributed by atoms with Gasteiger partial charge in [0.2, 0.25) is 0 Å². The number of anilines is 2. The average Bonchev–Trinajstić information content (AvgIpc) is 2.69. The van der Waals surface area contributed by atoms with Gasteiger partial charge in [0, 0.05) is 11.4 Å². The van der Waals surface area contributed by atoms with Crippen molar-refractivity contribution in [3.05, 3.63) is 38.8 Å². The zero-order chi connectivity index (χ0) is 14.2. The Balaban J connectivity index is 2.34. The van der Waals surface area contributed by atoms with Crippen molar-refractivity contribution >= 4 is 28.6 Å². The summed E-state index contributed by atoms with van der Waals surface area (Å²) in [6, 6.07) is 3.76. The van der Waals surface area contributed by atoms with Gasteiger partial charge >= 0.3 is 0 Å². The Labute approximate surface area is 116 Å². The van der Waals surface area contributed by atoms with E-state index in [0.717, 1.165) is 27.5 Å². The third-order valence-electron chi connectivity index (χ3n) is 3.06. The summed E-state index contributed by atoms with van der Waals surface area (Å²) in [7, 11) is 0. The number of carbonyl (C=O) groups excluding carboxylic acids is 1. The van der Waals surface area contributed by atoms with Crippen LogP contribution < -0.4 is 11.1 Å². The van der Waals surface area contributed by atoms with Gasteiger partial charge in [-0.25, -0.2) is 4.98 Å². The molecule has 1 aromatic heterocycles. The fraction of sp³-hybridized carbons (Fsp3) is 0.286. The Bertz CT molecular complexity index is 646. The second-order valence-corrected chi connectivity index (χ2v) is 5.78. The molecule has 0 aliphatic carbocycles. The van der Waals surface area contributed by atoms with Crippen LogP contribution in [0.4, 0.5) is 11.4 Å². The van der Waals surface area contributed by atoms with Crippen LogP contribution in [0.1, 0.15) is 31.5 Å². The van der Waals surface area contributed by atoms with Gasteiger partial charge < -0.3 is 11.1 Å². The van der Waals surface area contributed by atoms with Gasteiger partial charge in [0.15, 0.2) is 0 Å². The van der Waals surface area contributed by atoms with Crippen molar-refractivity contribution in [2.45, 2.75) is 27.7 Å². The monoisotopic (exact) mass is 275 g/mol. The van der Waals surface area contributed by atoms with Crippen molar-refractivity contribution in [2.75, 3.05) is 11.1 Å².